The summed E-state index contributed by atoms with van der Waals surface area (Å²) in [4.78, 5) is 24.3. The Balaban J connectivity index is 2.47. The number of hydrogen-bond donors (Lipinski definition) is 1. The third-order valence-electron chi connectivity index (χ3n) is 3.01. The Morgan fingerprint density at radius 1 is 1.30 bits per heavy atom. The van der Waals surface area contributed by atoms with Crippen molar-refractivity contribution >= 4 is 27.4 Å². The summed E-state index contributed by atoms with van der Waals surface area (Å²) in [5.74, 6) is -1.30. The lowest BCUT2D eigenvalue weighted by Gasteiger charge is -2.19. The fourth-order valence-electron chi connectivity index (χ4n) is 1.79. The molecule has 9 nitrogen and oxygen atoms in total. The van der Waals surface area contributed by atoms with Crippen molar-refractivity contribution in [1.82, 2.24) is 4.98 Å². The van der Waals surface area contributed by atoms with Crippen molar-refractivity contribution in [3.63, 3.8) is 0 Å². The monoisotopic (exact) mass is 337 g/mol. The zero-order valence-electron chi connectivity index (χ0n) is 11.8. The van der Waals surface area contributed by atoms with Crippen molar-refractivity contribution in [1.29, 1.82) is 0 Å². The number of nitrogens with zero attached hydrogens (tertiary/aromatic N) is 3. The van der Waals surface area contributed by atoms with Gasteiger partial charge in [-0.25, -0.2) is 18.2 Å². The Bertz CT molecular complexity index is 881. The molecule has 0 aliphatic carbocycles. The lowest BCUT2D eigenvalue weighted by atomic mass is 10.3. The number of sulfonamides is 1. The quantitative estimate of drug-likeness (QED) is 0.646. The molecule has 1 aromatic heterocycles. The lowest BCUT2D eigenvalue weighted by Crippen LogP contribution is -2.27. The molecule has 0 aliphatic heterocycles. The zero-order chi connectivity index (χ0) is 17.2. The van der Waals surface area contributed by atoms with Gasteiger partial charge in [-0.3, -0.25) is 14.4 Å². The van der Waals surface area contributed by atoms with Crippen LogP contribution in [0.3, 0.4) is 0 Å². The minimum Gasteiger partial charge on any atom is -0.477 e. The molecule has 0 atom stereocenters. The number of non-ortho nitro benzene ring substituents is 1. The van der Waals surface area contributed by atoms with E-state index in [0.29, 0.717) is 0 Å². The molecule has 0 unspecified atom stereocenters. The molecular formula is C13H11N3O6S. The molecule has 0 bridgehead atoms. The molecule has 0 radical (unpaired) electrons. The number of carboxylic acids is 1. The minimum absolute atomic E-state index is 0.0731. The summed E-state index contributed by atoms with van der Waals surface area (Å²) in [6.07, 6.45) is 1.16. The maximum absolute atomic E-state index is 12.5. The molecule has 1 aromatic carbocycles. The van der Waals surface area contributed by atoms with Crippen LogP contribution in [0, 0.1) is 10.1 Å². The highest BCUT2D eigenvalue weighted by Gasteiger charge is 2.24. The predicted molar refractivity (Wildman–Crippen MR) is 79.9 cm³/mol. The van der Waals surface area contributed by atoms with Crippen LogP contribution in [0.2, 0.25) is 0 Å². The first-order chi connectivity index (χ1) is 10.7. The van der Waals surface area contributed by atoms with E-state index >= 15 is 0 Å². The van der Waals surface area contributed by atoms with Crippen LogP contribution in [0.1, 0.15) is 10.5 Å². The molecule has 2 aromatic rings. The molecule has 1 heterocycles. The molecule has 0 saturated carbocycles. The van der Waals surface area contributed by atoms with Crippen LogP contribution in [0.15, 0.2) is 47.5 Å². The second-order valence-electron chi connectivity index (χ2n) is 4.43. The highest BCUT2D eigenvalue weighted by Crippen LogP contribution is 2.24. The second kappa shape index (κ2) is 6.01. The molecule has 120 valence electrons. The Morgan fingerprint density at radius 2 is 2.00 bits per heavy atom. The Kier molecular flexibility index (Phi) is 4.27. The van der Waals surface area contributed by atoms with Crippen molar-refractivity contribution in [3.05, 3.63) is 58.4 Å². The van der Waals surface area contributed by atoms with Gasteiger partial charge in [0.15, 0.2) is 0 Å². The highest BCUT2D eigenvalue weighted by atomic mass is 32.2. The number of aromatic carboxylic acids is 1. The van der Waals surface area contributed by atoms with Gasteiger partial charge in [-0.05, 0) is 18.2 Å². The largest absolute Gasteiger partial charge is 0.477 e. The average Bonchev–Trinajstić information content (AvgIpc) is 2.54. The van der Waals surface area contributed by atoms with Crippen LogP contribution in [-0.2, 0) is 10.0 Å². The number of carboxylic acid groups (broad SMARTS) is 1. The van der Waals surface area contributed by atoms with Crippen LogP contribution in [0.25, 0.3) is 0 Å². The summed E-state index contributed by atoms with van der Waals surface area (Å²) in [7, 11) is -2.86. The number of pyridine rings is 1. The van der Waals surface area contributed by atoms with Crippen LogP contribution >= 0.6 is 0 Å². The van der Waals surface area contributed by atoms with Crippen molar-refractivity contribution in [2.24, 2.45) is 0 Å². The molecule has 0 fully saturated rings. The highest BCUT2D eigenvalue weighted by molar-refractivity contribution is 7.92. The van der Waals surface area contributed by atoms with E-state index in [-0.39, 0.29) is 22.0 Å². The molecule has 0 spiro atoms. The third-order valence-corrected chi connectivity index (χ3v) is 4.79. The van der Waals surface area contributed by atoms with Crippen molar-refractivity contribution < 1.29 is 23.2 Å². The van der Waals surface area contributed by atoms with E-state index in [9.17, 15) is 23.3 Å². The van der Waals surface area contributed by atoms with Gasteiger partial charge < -0.3 is 5.11 Å². The van der Waals surface area contributed by atoms with Crippen LogP contribution < -0.4 is 4.31 Å². The summed E-state index contributed by atoms with van der Waals surface area (Å²) in [6, 6.07) is 7.00. The molecule has 0 saturated heterocycles. The van der Waals surface area contributed by atoms with Gasteiger partial charge in [-0.15, -0.1) is 0 Å². The van der Waals surface area contributed by atoms with Crippen LogP contribution in [-0.4, -0.2) is 36.4 Å². The number of anilines is 1. The van der Waals surface area contributed by atoms with E-state index < -0.39 is 20.9 Å². The zero-order valence-corrected chi connectivity index (χ0v) is 12.6. The molecule has 1 N–H and O–H groups in total. The number of rotatable bonds is 5. The summed E-state index contributed by atoms with van der Waals surface area (Å²) in [5, 5.41) is 19.7. The average molecular weight is 337 g/mol. The normalized spacial score (nSPS) is 11.0. The number of nitro groups is 1. The molecule has 23 heavy (non-hydrogen) atoms. The van der Waals surface area contributed by atoms with Gasteiger partial charge in [-0.2, -0.15) is 0 Å². The molecule has 2 rings (SSSR count). The van der Waals surface area contributed by atoms with E-state index in [1.165, 1.54) is 31.3 Å². The third kappa shape index (κ3) is 3.26. The molecule has 10 heteroatoms. The van der Waals surface area contributed by atoms with E-state index in [1.54, 1.807) is 0 Å². The number of carbonyl (C=O) groups is 1. The lowest BCUT2D eigenvalue weighted by molar-refractivity contribution is -0.385. The summed E-state index contributed by atoms with van der Waals surface area (Å²) in [5.41, 5.74) is -0.604. The van der Waals surface area contributed by atoms with E-state index in [4.69, 9.17) is 5.11 Å². The van der Waals surface area contributed by atoms with Crippen molar-refractivity contribution in [3.8, 4) is 0 Å². The molecule has 0 amide bonds. The second-order valence-corrected chi connectivity index (χ2v) is 6.40. The van der Waals surface area contributed by atoms with E-state index in [2.05, 4.69) is 4.98 Å². The standard InChI is InChI=1S/C13H11N3O6S/c1-15(9-5-6-14-12(8-9)13(17)18)23(21,22)11-4-2-3-10(7-11)16(19)20/h2-8H,1H3,(H,17,18). The molecular weight excluding hydrogens is 326 g/mol. The van der Waals surface area contributed by atoms with Crippen LogP contribution in [0.5, 0.6) is 0 Å². The van der Waals surface area contributed by atoms with Crippen LogP contribution in [0.4, 0.5) is 11.4 Å². The maximum Gasteiger partial charge on any atom is 0.354 e. The van der Waals surface area contributed by atoms with E-state index in [1.807, 2.05) is 0 Å². The van der Waals surface area contributed by atoms with Gasteiger partial charge in [0.25, 0.3) is 15.7 Å². The number of nitro benzene ring substituents is 1. The summed E-state index contributed by atoms with van der Waals surface area (Å²) in [6.45, 7) is 0. The Hall–Kier alpha value is -3.01. The van der Waals surface area contributed by atoms with Gasteiger partial charge in [0.1, 0.15) is 5.69 Å². The molecule has 0 aliphatic rings. The summed E-state index contributed by atoms with van der Waals surface area (Å²) < 4.78 is 25.9. The number of aromatic nitrogens is 1. The van der Waals surface area contributed by atoms with Gasteiger partial charge in [0.2, 0.25) is 0 Å². The Morgan fingerprint density at radius 3 is 2.61 bits per heavy atom. The fraction of sp³-hybridized carbons (Fsp3) is 0.0769. The Labute approximate surface area is 131 Å². The van der Waals surface area contributed by atoms with E-state index in [0.717, 1.165) is 22.6 Å². The van der Waals surface area contributed by atoms with Gasteiger partial charge in [-0.1, -0.05) is 6.07 Å². The number of benzene rings is 1. The number of hydrogen-bond acceptors (Lipinski definition) is 6. The van der Waals surface area contributed by atoms with Crippen molar-refractivity contribution in [2.45, 2.75) is 4.90 Å². The van der Waals surface area contributed by atoms with Gasteiger partial charge in [0, 0.05) is 25.4 Å². The first-order valence-corrected chi connectivity index (χ1v) is 7.60. The minimum atomic E-state index is -4.08. The van der Waals surface area contributed by atoms with Gasteiger partial charge >= 0.3 is 5.97 Å². The topological polar surface area (TPSA) is 131 Å². The SMILES string of the molecule is CN(c1ccnc(C(=O)O)c1)S(=O)(=O)c1cccc([N+](=O)[O-])c1. The maximum atomic E-state index is 12.5. The smallest absolute Gasteiger partial charge is 0.354 e. The fourth-order valence-corrected chi connectivity index (χ4v) is 3.01. The summed E-state index contributed by atoms with van der Waals surface area (Å²) >= 11 is 0. The first-order valence-electron chi connectivity index (χ1n) is 6.16. The first kappa shape index (κ1) is 16.4. The van der Waals surface area contributed by atoms with Crippen molar-refractivity contribution in [2.75, 3.05) is 11.4 Å². The predicted octanol–water partition coefficient (Wildman–Crippen LogP) is 1.51. The van der Waals surface area contributed by atoms with Gasteiger partial charge in [0.05, 0.1) is 15.5 Å².